The Morgan fingerprint density at radius 2 is 2.03 bits per heavy atom. The average molecular weight is 667 g/mol. The number of aliphatic carboxylic acids is 1. The number of carboxylic acids is 1. The van der Waals surface area contributed by atoms with Gasteiger partial charge in [0.25, 0.3) is 17.0 Å². The van der Waals surface area contributed by atoms with E-state index in [1.807, 2.05) is 22.6 Å². The number of ether oxygens (including phenoxy) is 3. The molecule has 0 spiro atoms. The highest BCUT2D eigenvalue weighted by molar-refractivity contribution is 14.1. The number of carboxylic acid groups (broad SMARTS) is 1. The third-order valence-corrected chi connectivity index (χ3v) is 6.16. The number of rotatable bonds is 12. The highest BCUT2D eigenvalue weighted by Gasteiger charge is 2.14. The van der Waals surface area contributed by atoms with Gasteiger partial charge in [-0.25, -0.2) is 10.2 Å². The molecule has 0 saturated heterocycles. The normalized spacial score (nSPS) is 10.9. The lowest BCUT2D eigenvalue weighted by atomic mass is 10.2. The van der Waals surface area contributed by atoms with E-state index in [1.54, 1.807) is 30.3 Å². The van der Waals surface area contributed by atoms with Gasteiger partial charge in [0.1, 0.15) is 5.75 Å². The van der Waals surface area contributed by atoms with Gasteiger partial charge in [0.05, 0.1) is 27.7 Å². The molecule has 3 rings (SSSR count). The SMILES string of the molecule is COc1cc(/C=N\NC(=O)CSc2nnc(COc3ccc(Cl)cc3Cl)o2)cc(I)c1OCC(=O)O. The first kappa shape index (κ1) is 27.8. The number of hydrazone groups is 1. The van der Waals surface area contributed by atoms with Gasteiger partial charge in [0, 0.05) is 5.02 Å². The minimum absolute atomic E-state index is 0.00615. The number of halogens is 3. The summed E-state index contributed by atoms with van der Waals surface area (Å²) in [6.45, 7) is -0.507. The molecular weight excluding hydrogens is 650 g/mol. The van der Waals surface area contributed by atoms with E-state index in [0.717, 1.165) is 11.8 Å². The standard InChI is InChI=1S/C21H17Cl2IN4O7S/c1-32-16-5-11(4-14(24)20(16)34-9-19(30)31)7-25-26-17(29)10-36-21-28-27-18(35-21)8-33-15-3-2-12(22)6-13(15)23/h2-7H,8-10H2,1H3,(H,26,29)(H,30,31)/b25-7-. The van der Waals surface area contributed by atoms with E-state index in [9.17, 15) is 9.59 Å². The number of benzene rings is 2. The number of hydrogen-bond donors (Lipinski definition) is 2. The summed E-state index contributed by atoms with van der Waals surface area (Å²) in [6.07, 6.45) is 1.41. The lowest BCUT2D eigenvalue weighted by molar-refractivity contribution is -0.139. The van der Waals surface area contributed by atoms with Gasteiger partial charge >= 0.3 is 5.97 Å². The monoisotopic (exact) mass is 666 g/mol. The van der Waals surface area contributed by atoms with Crippen LogP contribution in [0, 0.1) is 3.57 Å². The molecule has 0 radical (unpaired) electrons. The summed E-state index contributed by atoms with van der Waals surface area (Å²) in [4.78, 5) is 22.8. The molecule has 0 saturated carbocycles. The number of carbonyl (C=O) groups excluding carboxylic acids is 1. The highest BCUT2D eigenvalue weighted by Crippen LogP contribution is 2.33. The van der Waals surface area contributed by atoms with Gasteiger partial charge in [-0.3, -0.25) is 4.79 Å². The van der Waals surface area contributed by atoms with Gasteiger partial charge in [-0.05, 0) is 58.5 Å². The maximum atomic E-state index is 12.1. The number of aromatic nitrogens is 2. The number of amides is 1. The highest BCUT2D eigenvalue weighted by atomic mass is 127. The number of nitrogens with one attached hydrogen (secondary N) is 1. The Kier molecular flexibility index (Phi) is 10.5. The average Bonchev–Trinajstić information content (AvgIpc) is 3.29. The van der Waals surface area contributed by atoms with Crippen molar-refractivity contribution in [2.45, 2.75) is 11.8 Å². The van der Waals surface area contributed by atoms with Crippen molar-refractivity contribution in [3.63, 3.8) is 0 Å². The Labute approximate surface area is 232 Å². The van der Waals surface area contributed by atoms with Crippen LogP contribution < -0.4 is 19.6 Å². The molecule has 1 heterocycles. The van der Waals surface area contributed by atoms with Crippen LogP contribution in [0.2, 0.25) is 10.0 Å². The molecule has 0 bridgehead atoms. The lowest BCUT2D eigenvalue weighted by Gasteiger charge is -2.12. The van der Waals surface area contributed by atoms with Crippen LogP contribution in [0.5, 0.6) is 17.2 Å². The van der Waals surface area contributed by atoms with Crippen molar-refractivity contribution in [3.05, 3.63) is 55.4 Å². The molecule has 3 aromatic rings. The van der Waals surface area contributed by atoms with Gasteiger partial charge in [0.2, 0.25) is 0 Å². The number of nitrogens with zero attached hydrogens (tertiary/aromatic N) is 3. The molecule has 0 aliphatic heterocycles. The number of methoxy groups -OCH3 is 1. The molecule has 0 aliphatic carbocycles. The second-order valence-corrected chi connectivity index (χ2v) is 9.56. The first-order valence-corrected chi connectivity index (χ1v) is 12.6. The summed E-state index contributed by atoms with van der Waals surface area (Å²) >= 11 is 14.9. The van der Waals surface area contributed by atoms with Crippen LogP contribution in [0.15, 0.2) is 45.1 Å². The van der Waals surface area contributed by atoms with Gasteiger partial charge < -0.3 is 23.7 Å². The third kappa shape index (κ3) is 8.43. The van der Waals surface area contributed by atoms with Gasteiger partial charge in [-0.15, -0.1) is 10.2 Å². The molecule has 190 valence electrons. The summed E-state index contributed by atoms with van der Waals surface area (Å²) in [6, 6.07) is 8.12. The Morgan fingerprint density at radius 1 is 1.22 bits per heavy atom. The quantitative estimate of drug-likeness (QED) is 0.124. The zero-order chi connectivity index (χ0) is 26.1. The molecule has 15 heteroatoms. The zero-order valence-electron chi connectivity index (χ0n) is 18.4. The molecule has 2 aromatic carbocycles. The van der Waals surface area contributed by atoms with Crippen LogP contribution in [0.3, 0.4) is 0 Å². The summed E-state index contributed by atoms with van der Waals surface area (Å²) in [5.41, 5.74) is 3.00. The molecule has 0 aliphatic rings. The van der Waals surface area contributed by atoms with Crippen molar-refractivity contribution in [2.24, 2.45) is 5.10 Å². The molecule has 1 aromatic heterocycles. The maximum absolute atomic E-state index is 12.1. The van der Waals surface area contributed by atoms with E-state index < -0.39 is 18.5 Å². The van der Waals surface area contributed by atoms with E-state index in [4.69, 9.17) is 46.9 Å². The Bertz CT molecular complexity index is 1280. The number of thioether (sulfide) groups is 1. The van der Waals surface area contributed by atoms with Crippen LogP contribution >= 0.6 is 57.6 Å². The second kappa shape index (κ2) is 13.5. The number of hydrogen-bond acceptors (Lipinski definition) is 10. The van der Waals surface area contributed by atoms with Crippen molar-refractivity contribution in [1.82, 2.24) is 15.6 Å². The topological polar surface area (TPSA) is 145 Å². The molecule has 36 heavy (non-hydrogen) atoms. The molecule has 2 N–H and O–H groups in total. The fourth-order valence-electron chi connectivity index (χ4n) is 2.51. The van der Waals surface area contributed by atoms with E-state index in [1.165, 1.54) is 13.3 Å². The predicted molar refractivity (Wildman–Crippen MR) is 140 cm³/mol. The summed E-state index contributed by atoms with van der Waals surface area (Å²) in [7, 11) is 1.43. The fraction of sp³-hybridized carbons (Fsp3) is 0.190. The Hall–Kier alpha value is -2.75. The van der Waals surface area contributed by atoms with Gasteiger partial charge in [-0.1, -0.05) is 35.0 Å². The summed E-state index contributed by atoms with van der Waals surface area (Å²) < 4.78 is 22.1. The van der Waals surface area contributed by atoms with Crippen LogP contribution in [-0.4, -0.2) is 52.9 Å². The Morgan fingerprint density at radius 3 is 2.75 bits per heavy atom. The van der Waals surface area contributed by atoms with Crippen LogP contribution in [0.25, 0.3) is 0 Å². The lowest BCUT2D eigenvalue weighted by Crippen LogP contribution is -2.19. The summed E-state index contributed by atoms with van der Waals surface area (Å²) in [5.74, 6) is -0.261. The second-order valence-electron chi connectivity index (χ2n) is 6.62. The minimum atomic E-state index is -1.10. The van der Waals surface area contributed by atoms with E-state index in [-0.39, 0.29) is 23.5 Å². The largest absolute Gasteiger partial charge is 0.493 e. The van der Waals surface area contributed by atoms with E-state index >= 15 is 0 Å². The molecular formula is C21H17Cl2IN4O7S. The Balaban J connectivity index is 1.47. The molecule has 11 nitrogen and oxygen atoms in total. The summed E-state index contributed by atoms with van der Waals surface area (Å²) in [5, 5.41) is 21.5. The third-order valence-electron chi connectivity index (χ3n) is 4.01. The molecule has 0 unspecified atom stereocenters. The minimum Gasteiger partial charge on any atom is -0.493 e. The first-order chi connectivity index (χ1) is 17.2. The van der Waals surface area contributed by atoms with E-state index in [0.29, 0.717) is 36.4 Å². The van der Waals surface area contributed by atoms with Crippen molar-refractivity contribution in [2.75, 3.05) is 19.5 Å². The smallest absolute Gasteiger partial charge is 0.341 e. The van der Waals surface area contributed by atoms with Crippen LogP contribution in [0.1, 0.15) is 11.5 Å². The molecule has 0 fully saturated rings. The zero-order valence-corrected chi connectivity index (χ0v) is 22.9. The number of carbonyl (C=O) groups is 2. The first-order valence-electron chi connectivity index (χ1n) is 9.82. The van der Waals surface area contributed by atoms with Crippen molar-refractivity contribution < 1.29 is 33.3 Å². The molecule has 1 amide bonds. The van der Waals surface area contributed by atoms with Crippen LogP contribution in [-0.2, 0) is 16.2 Å². The fourth-order valence-corrected chi connectivity index (χ4v) is 4.33. The van der Waals surface area contributed by atoms with Crippen molar-refractivity contribution in [1.29, 1.82) is 0 Å². The van der Waals surface area contributed by atoms with E-state index in [2.05, 4.69) is 20.7 Å². The van der Waals surface area contributed by atoms with Crippen molar-refractivity contribution in [3.8, 4) is 17.2 Å². The van der Waals surface area contributed by atoms with Crippen molar-refractivity contribution >= 4 is 75.6 Å². The van der Waals surface area contributed by atoms with Crippen LogP contribution in [0.4, 0.5) is 0 Å². The van der Waals surface area contributed by atoms with Gasteiger partial charge in [0.15, 0.2) is 24.7 Å². The molecule has 0 atom stereocenters. The van der Waals surface area contributed by atoms with Gasteiger partial charge in [-0.2, -0.15) is 5.10 Å². The predicted octanol–water partition coefficient (Wildman–Crippen LogP) is 4.27. The maximum Gasteiger partial charge on any atom is 0.341 e.